The molecule has 0 spiro atoms. The molecule has 0 unspecified atom stereocenters. The summed E-state index contributed by atoms with van der Waals surface area (Å²) in [6, 6.07) is 5.74. The van der Waals surface area contributed by atoms with Crippen LogP contribution in [0.3, 0.4) is 0 Å². The fourth-order valence-electron chi connectivity index (χ4n) is 4.98. The van der Waals surface area contributed by atoms with Crippen LogP contribution in [-0.2, 0) is 11.8 Å². The lowest BCUT2D eigenvalue weighted by Gasteiger charge is -2.33. The maximum Gasteiger partial charge on any atom is 0.209 e. The Labute approximate surface area is 163 Å². The number of rotatable bonds is 4. The average molecular weight is 382 g/mol. The van der Waals surface area contributed by atoms with Gasteiger partial charge in [0.15, 0.2) is 5.78 Å². The first kappa shape index (κ1) is 17.2. The Balaban J connectivity index is 1.34. The number of carbonyl (C=O) groups is 1. The molecule has 2 atom stereocenters. The molecule has 2 aliphatic carbocycles. The molecule has 3 aliphatic rings. The van der Waals surface area contributed by atoms with Gasteiger partial charge in [-0.05, 0) is 29.9 Å². The van der Waals surface area contributed by atoms with Gasteiger partial charge in [-0.1, -0.05) is 44.7 Å². The monoisotopic (exact) mass is 381 g/mol. The number of ketones is 1. The lowest BCUT2D eigenvalue weighted by molar-refractivity contribution is 0.102. The van der Waals surface area contributed by atoms with Crippen LogP contribution in [-0.4, -0.2) is 33.3 Å². The van der Waals surface area contributed by atoms with Crippen LogP contribution in [0.25, 0.3) is 0 Å². The van der Waals surface area contributed by atoms with Gasteiger partial charge in [-0.2, -0.15) is 5.10 Å². The Hall–Kier alpha value is -1.95. The molecular weight excluding hydrogens is 358 g/mol. The topological polar surface area (TPSA) is 65.0 Å². The minimum absolute atomic E-state index is 0.0551. The first-order chi connectivity index (χ1) is 12.9. The highest BCUT2D eigenvalue weighted by atomic mass is 32.2. The molecule has 2 bridgehead atoms. The summed E-state index contributed by atoms with van der Waals surface area (Å²) >= 11 is 1.37. The fraction of sp³-hybridized carbons (Fsp3) is 0.524. The summed E-state index contributed by atoms with van der Waals surface area (Å²) in [6.07, 6.45) is 3.23. The molecule has 0 amide bonds. The maximum absolute atomic E-state index is 12.6. The Morgan fingerprint density at radius 2 is 2.15 bits per heavy atom. The molecule has 5 rings (SSSR count). The van der Waals surface area contributed by atoms with E-state index in [4.69, 9.17) is 9.72 Å². The number of hydrogen-bond acceptors (Lipinski definition) is 6. The van der Waals surface area contributed by atoms with Crippen LogP contribution in [0.15, 0.2) is 23.4 Å². The van der Waals surface area contributed by atoms with Crippen molar-refractivity contribution >= 4 is 17.5 Å². The van der Waals surface area contributed by atoms with Crippen molar-refractivity contribution in [3.8, 4) is 5.75 Å². The Morgan fingerprint density at radius 1 is 1.30 bits per heavy atom. The van der Waals surface area contributed by atoms with Crippen LogP contribution in [0.5, 0.6) is 5.75 Å². The normalized spacial score (nSPS) is 26.6. The molecule has 1 aromatic carbocycles. The number of benzene rings is 1. The minimum Gasteiger partial charge on any atom is -0.493 e. The lowest BCUT2D eigenvalue weighted by atomic mass is 9.70. The number of Topliss-reactive ketones (excluding diaryl/α,β-unsaturated/α-hetero) is 1. The van der Waals surface area contributed by atoms with E-state index >= 15 is 0 Å². The summed E-state index contributed by atoms with van der Waals surface area (Å²) in [5.74, 6) is 1.66. The zero-order valence-electron chi connectivity index (χ0n) is 15.9. The Kier molecular flexibility index (Phi) is 3.67. The minimum atomic E-state index is 0.0551. The quantitative estimate of drug-likeness (QED) is 0.590. The van der Waals surface area contributed by atoms with Crippen molar-refractivity contribution in [3.05, 3.63) is 40.7 Å². The molecule has 140 valence electrons. The number of hydrogen-bond donors (Lipinski definition) is 0. The van der Waals surface area contributed by atoms with Gasteiger partial charge in [-0.25, -0.2) is 4.98 Å². The summed E-state index contributed by atoms with van der Waals surface area (Å²) in [7, 11) is 0. The first-order valence-corrected chi connectivity index (χ1v) is 10.6. The lowest BCUT2D eigenvalue weighted by Crippen LogP contribution is -2.32. The van der Waals surface area contributed by atoms with E-state index in [0.717, 1.165) is 36.4 Å². The van der Waals surface area contributed by atoms with Gasteiger partial charge in [-0.15, -0.1) is 5.10 Å². The maximum atomic E-state index is 12.6. The molecule has 2 heterocycles. The molecule has 6 heteroatoms. The molecule has 27 heavy (non-hydrogen) atoms. The standard InChI is InChI=1S/C21H23N3O2S/c1-20(2)14-6-8-21(20,3)18-17(14)23-24-19(22-18)27-11-15(25)13-5-4-12-7-9-26-16(12)10-13/h4-5,10,14H,6-9,11H2,1-3H3/t14-,21+/m1/s1. The second-order valence-corrected chi connectivity index (χ2v) is 9.55. The fourth-order valence-corrected chi connectivity index (χ4v) is 5.66. The molecule has 1 aliphatic heterocycles. The van der Waals surface area contributed by atoms with Crippen molar-refractivity contribution < 1.29 is 9.53 Å². The Bertz CT molecular complexity index is 958. The van der Waals surface area contributed by atoms with Crippen LogP contribution >= 0.6 is 11.8 Å². The third-order valence-electron chi connectivity index (χ3n) is 7.12. The van der Waals surface area contributed by atoms with Gasteiger partial charge in [0.1, 0.15) is 5.75 Å². The van der Waals surface area contributed by atoms with Gasteiger partial charge in [0.2, 0.25) is 5.16 Å². The largest absolute Gasteiger partial charge is 0.493 e. The average Bonchev–Trinajstić information content (AvgIpc) is 3.26. The second-order valence-electron chi connectivity index (χ2n) is 8.61. The van der Waals surface area contributed by atoms with Crippen molar-refractivity contribution in [1.29, 1.82) is 0 Å². The van der Waals surface area contributed by atoms with Crippen molar-refractivity contribution in [3.63, 3.8) is 0 Å². The number of carbonyl (C=O) groups excluding carboxylic acids is 1. The molecule has 0 saturated heterocycles. The molecule has 0 N–H and O–H groups in total. The zero-order valence-corrected chi connectivity index (χ0v) is 16.7. The number of nitrogens with zero attached hydrogens (tertiary/aromatic N) is 3. The van der Waals surface area contributed by atoms with Crippen LogP contribution in [0.1, 0.15) is 66.8 Å². The highest BCUT2D eigenvalue weighted by Crippen LogP contribution is 2.66. The zero-order chi connectivity index (χ0) is 18.8. The van der Waals surface area contributed by atoms with E-state index in [1.165, 1.54) is 17.3 Å². The number of aromatic nitrogens is 3. The van der Waals surface area contributed by atoms with Gasteiger partial charge in [0.25, 0.3) is 0 Å². The third-order valence-corrected chi connectivity index (χ3v) is 7.96. The Morgan fingerprint density at radius 3 is 3.00 bits per heavy atom. The molecule has 1 fully saturated rings. The summed E-state index contributed by atoms with van der Waals surface area (Å²) in [5, 5.41) is 9.43. The predicted molar refractivity (Wildman–Crippen MR) is 104 cm³/mol. The smallest absolute Gasteiger partial charge is 0.209 e. The molecule has 5 nitrogen and oxygen atoms in total. The van der Waals surface area contributed by atoms with Crippen LogP contribution < -0.4 is 4.74 Å². The molecule has 1 saturated carbocycles. The highest BCUT2D eigenvalue weighted by Gasteiger charge is 2.61. The van der Waals surface area contributed by atoms with Crippen LogP contribution in [0, 0.1) is 5.41 Å². The van der Waals surface area contributed by atoms with E-state index < -0.39 is 0 Å². The molecule has 2 aromatic rings. The van der Waals surface area contributed by atoms with E-state index in [2.05, 4.69) is 31.0 Å². The summed E-state index contributed by atoms with van der Waals surface area (Å²) in [4.78, 5) is 17.4. The molecular formula is C21H23N3O2S. The number of ether oxygens (including phenoxy) is 1. The second kappa shape index (κ2) is 5.77. The van der Waals surface area contributed by atoms with Crippen molar-refractivity contribution in [2.24, 2.45) is 5.41 Å². The predicted octanol–water partition coefficient (Wildman–Crippen LogP) is 3.96. The van der Waals surface area contributed by atoms with Crippen LogP contribution in [0.2, 0.25) is 0 Å². The van der Waals surface area contributed by atoms with Gasteiger partial charge in [0, 0.05) is 23.3 Å². The van der Waals surface area contributed by atoms with E-state index in [-0.39, 0.29) is 16.6 Å². The van der Waals surface area contributed by atoms with Crippen molar-refractivity contribution in [2.45, 2.75) is 56.5 Å². The van der Waals surface area contributed by atoms with Crippen LogP contribution in [0.4, 0.5) is 0 Å². The molecule has 0 radical (unpaired) electrons. The van der Waals surface area contributed by atoms with Gasteiger partial charge < -0.3 is 4.74 Å². The van der Waals surface area contributed by atoms with E-state index in [1.54, 1.807) is 0 Å². The SMILES string of the molecule is CC1(C)[C@@H]2CC[C@@]1(C)c1nc(SCC(=O)c3ccc4c(c3)OCC4)nnc12. The highest BCUT2D eigenvalue weighted by molar-refractivity contribution is 7.99. The van der Waals surface area contributed by atoms with E-state index in [0.29, 0.717) is 29.0 Å². The number of fused-ring (bicyclic) bond motifs is 6. The summed E-state index contributed by atoms with van der Waals surface area (Å²) in [6.45, 7) is 7.64. The van der Waals surface area contributed by atoms with Gasteiger partial charge in [0.05, 0.1) is 23.7 Å². The summed E-state index contributed by atoms with van der Waals surface area (Å²) in [5.41, 5.74) is 4.25. The van der Waals surface area contributed by atoms with Gasteiger partial charge in [-0.3, -0.25) is 4.79 Å². The van der Waals surface area contributed by atoms with Crippen molar-refractivity contribution in [2.75, 3.05) is 12.4 Å². The molecule has 1 aromatic heterocycles. The van der Waals surface area contributed by atoms with Gasteiger partial charge >= 0.3 is 0 Å². The van der Waals surface area contributed by atoms with Crippen molar-refractivity contribution in [1.82, 2.24) is 15.2 Å². The number of thioether (sulfide) groups is 1. The van der Waals surface area contributed by atoms with E-state index in [9.17, 15) is 4.79 Å². The summed E-state index contributed by atoms with van der Waals surface area (Å²) < 4.78 is 5.57. The third kappa shape index (κ3) is 2.38. The van der Waals surface area contributed by atoms with E-state index in [1.807, 2.05) is 18.2 Å². The first-order valence-electron chi connectivity index (χ1n) is 9.57.